The second-order valence-corrected chi connectivity index (χ2v) is 6.08. The molecule has 0 amide bonds. The Kier molecular flexibility index (Phi) is 6.62. The van der Waals surface area contributed by atoms with Crippen molar-refractivity contribution in [2.24, 2.45) is 4.99 Å². The molecular formula is C20H26N6O. The van der Waals surface area contributed by atoms with Crippen LogP contribution in [0.2, 0.25) is 0 Å². The fourth-order valence-electron chi connectivity index (χ4n) is 2.85. The summed E-state index contributed by atoms with van der Waals surface area (Å²) in [6.45, 7) is 4.24. The summed E-state index contributed by atoms with van der Waals surface area (Å²) in [7, 11) is 1.68. The molecule has 0 fully saturated rings. The highest BCUT2D eigenvalue weighted by Gasteiger charge is 2.05. The standard InChI is InChI=1S/C20H26N6O/c1-3-21-20(23-15-16-9-4-5-10-17(16)27-2)22-13-8-12-19-25-24-18-11-6-7-14-26(18)19/h4-7,9-11,14H,3,8,12-13,15H2,1-2H3,(H2,21,22,23). The highest BCUT2D eigenvalue weighted by molar-refractivity contribution is 5.79. The summed E-state index contributed by atoms with van der Waals surface area (Å²) in [6.07, 6.45) is 3.79. The molecule has 2 N–H and O–H groups in total. The second-order valence-electron chi connectivity index (χ2n) is 6.08. The van der Waals surface area contributed by atoms with Crippen LogP contribution in [-0.2, 0) is 13.0 Å². The maximum Gasteiger partial charge on any atom is 0.191 e. The van der Waals surface area contributed by atoms with Crippen molar-refractivity contribution in [3.63, 3.8) is 0 Å². The Morgan fingerprint density at radius 2 is 1.96 bits per heavy atom. The minimum atomic E-state index is 0.564. The minimum absolute atomic E-state index is 0.564. The van der Waals surface area contributed by atoms with Crippen molar-refractivity contribution in [3.8, 4) is 5.75 Å². The molecule has 3 rings (SSSR count). The van der Waals surface area contributed by atoms with Crippen LogP contribution in [0.25, 0.3) is 5.65 Å². The number of nitrogens with zero attached hydrogens (tertiary/aromatic N) is 4. The van der Waals surface area contributed by atoms with E-state index < -0.39 is 0 Å². The third-order valence-corrected chi connectivity index (χ3v) is 4.20. The molecule has 0 saturated carbocycles. The molecule has 0 aliphatic heterocycles. The molecule has 7 heteroatoms. The molecule has 0 atom stereocenters. The minimum Gasteiger partial charge on any atom is -0.496 e. The maximum atomic E-state index is 5.39. The van der Waals surface area contributed by atoms with Gasteiger partial charge in [-0.15, -0.1) is 10.2 Å². The largest absolute Gasteiger partial charge is 0.496 e. The zero-order valence-corrected chi connectivity index (χ0v) is 15.9. The number of ether oxygens (including phenoxy) is 1. The van der Waals surface area contributed by atoms with E-state index in [0.29, 0.717) is 6.54 Å². The van der Waals surface area contributed by atoms with E-state index in [1.807, 2.05) is 53.1 Å². The highest BCUT2D eigenvalue weighted by Crippen LogP contribution is 2.17. The fraction of sp³-hybridized carbons (Fsp3) is 0.350. The Morgan fingerprint density at radius 3 is 2.81 bits per heavy atom. The maximum absolute atomic E-state index is 5.39. The molecule has 0 aliphatic carbocycles. The summed E-state index contributed by atoms with van der Waals surface area (Å²) in [6, 6.07) is 13.9. The van der Waals surface area contributed by atoms with Gasteiger partial charge in [0.05, 0.1) is 13.7 Å². The lowest BCUT2D eigenvalue weighted by Crippen LogP contribution is -2.37. The summed E-state index contributed by atoms with van der Waals surface area (Å²) < 4.78 is 7.42. The van der Waals surface area contributed by atoms with Gasteiger partial charge in [-0.3, -0.25) is 4.40 Å². The van der Waals surface area contributed by atoms with E-state index in [4.69, 9.17) is 4.74 Å². The number of fused-ring (bicyclic) bond motifs is 1. The molecule has 1 aromatic carbocycles. The van der Waals surface area contributed by atoms with Crippen molar-refractivity contribution in [2.45, 2.75) is 26.3 Å². The predicted octanol–water partition coefficient (Wildman–Crippen LogP) is 2.43. The number of aryl methyl sites for hydroxylation is 1. The van der Waals surface area contributed by atoms with Gasteiger partial charge < -0.3 is 15.4 Å². The number of hydrogen-bond acceptors (Lipinski definition) is 4. The molecule has 27 heavy (non-hydrogen) atoms. The number of rotatable bonds is 8. The number of methoxy groups -OCH3 is 1. The van der Waals surface area contributed by atoms with Crippen LogP contribution in [0.3, 0.4) is 0 Å². The van der Waals surface area contributed by atoms with Crippen LogP contribution in [0.15, 0.2) is 53.7 Å². The lowest BCUT2D eigenvalue weighted by Gasteiger charge is -2.12. The first-order valence-corrected chi connectivity index (χ1v) is 9.24. The zero-order chi connectivity index (χ0) is 18.9. The van der Waals surface area contributed by atoms with Crippen molar-refractivity contribution in [3.05, 3.63) is 60.0 Å². The molecular weight excluding hydrogens is 340 g/mol. The SMILES string of the molecule is CCNC(=NCc1ccccc1OC)NCCCc1nnc2ccccn12. The number of benzene rings is 1. The summed E-state index contributed by atoms with van der Waals surface area (Å²) >= 11 is 0. The molecule has 3 aromatic rings. The summed E-state index contributed by atoms with van der Waals surface area (Å²) in [5, 5.41) is 15.1. The number of para-hydroxylation sites is 1. The quantitative estimate of drug-likeness (QED) is 0.364. The Morgan fingerprint density at radius 1 is 1.11 bits per heavy atom. The van der Waals surface area contributed by atoms with Gasteiger partial charge in [-0.1, -0.05) is 24.3 Å². The molecule has 0 unspecified atom stereocenters. The average molecular weight is 366 g/mol. The van der Waals surface area contributed by atoms with Crippen LogP contribution in [0.1, 0.15) is 24.7 Å². The molecule has 0 radical (unpaired) electrons. The smallest absolute Gasteiger partial charge is 0.191 e. The lowest BCUT2D eigenvalue weighted by molar-refractivity contribution is 0.410. The van der Waals surface area contributed by atoms with E-state index in [1.54, 1.807) is 7.11 Å². The van der Waals surface area contributed by atoms with Crippen LogP contribution < -0.4 is 15.4 Å². The van der Waals surface area contributed by atoms with Gasteiger partial charge in [0.1, 0.15) is 11.6 Å². The van der Waals surface area contributed by atoms with Crippen LogP contribution in [0, 0.1) is 0 Å². The number of nitrogens with one attached hydrogen (secondary N) is 2. The van der Waals surface area contributed by atoms with Gasteiger partial charge in [-0.25, -0.2) is 4.99 Å². The molecule has 7 nitrogen and oxygen atoms in total. The number of pyridine rings is 1. The summed E-state index contributed by atoms with van der Waals surface area (Å²) in [5.74, 6) is 2.63. The average Bonchev–Trinajstić information content (AvgIpc) is 3.12. The van der Waals surface area contributed by atoms with Crippen LogP contribution >= 0.6 is 0 Å². The van der Waals surface area contributed by atoms with Gasteiger partial charge in [-0.05, 0) is 31.5 Å². The Balaban J connectivity index is 1.53. The number of aromatic nitrogens is 3. The van der Waals surface area contributed by atoms with E-state index in [0.717, 1.165) is 54.7 Å². The number of guanidine groups is 1. The predicted molar refractivity (Wildman–Crippen MR) is 107 cm³/mol. The molecule has 0 aliphatic rings. The summed E-state index contributed by atoms with van der Waals surface area (Å²) in [4.78, 5) is 4.66. The monoisotopic (exact) mass is 366 g/mol. The second kappa shape index (κ2) is 9.56. The van der Waals surface area contributed by atoms with Gasteiger partial charge in [-0.2, -0.15) is 0 Å². The Hall–Kier alpha value is -3.09. The number of hydrogen-bond donors (Lipinski definition) is 2. The van der Waals surface area contributed by atoms with E-state index in [-0.39, 0.29) is 0 Å². The first-order valence-electron chi connectivity index (χ1n) is 9.24. The third kappa shape index (κ3) is 4.97. The zero-order valence-electron chi connectivity index (χ0n) is 15.9. The van der Waals surface area contributed by atoms with Crippen molar-refractivity contribution < 1.29 is 4.74 Å². The van der Waals surface area contributed by atoms with Crippen LogP contribution in [-0.4, -0.2) is 40.8 Å². The molecule has 142 valence electrons. The summed E-state index contributed by atoms with van der Waals surface area (Å²) in [5.41, 5.74) is 1.94. The Bertz CT molecular complexity index is 889. The topological polar surface area (TPSA) is 75.8 Å². The van der Waals surface area contributed by atoms with Gasteiger partial charge in [0.15, 0.2) is 11.6 Å². The molecule has 0 spiro atoms. The third-order valence-electron chi connectivity index (χ3n) is 4.20. The van der Waals surface area contributed by atoms with E-state index in [1.165, 1.54) is 0 Å². The first-order chi connectivity index (χ1) is 13.3. The van der Waals surface area contributed by atoms with Crippen LogP contribution in [0.5, 0.6) is 5.75 Å². The molecule has 0 saturated heterocycles. The first kappa shape index (κ1) is 18.7. The van der Waals surface area contributed by atoms with Gasteiger partial charge in [0, 0.05) is 31.3 Å². The highest BCUT2D eigenvalue weighted by atomic mass is 16.5. The van der Waals surface area contributed by atoms with Gasteiger partial charge in [0.25, 0.3) is 0 Å². The van der Waals surface area contributed by atoms with Gasteiger partial charge >= 0.3 is 0 Å². The normalized spacial score (nSPS) is 11.6. The van der Waals surface area contributed by atoms with Crippen molar-refractivity contribution in [1.82, 2.24) is 25.2 Å². The van der Waals surface area contributed by atoms with Crippen molar-refractivity contribution in [1.29, 1.82) is 0 Å². The van der Waals surface area contributed by atoms with Crippen LogP contribution in [0.4, 0.5) is 0 Å². The number of aliphatic imine (C=N–C) groups is 1. The van der Waals surface area contributed by atoms with Crippen molar-refractivity contribution in [2.75, 3.05) is 20.2 Å². The van der Waals surface area contributed by atoms with E-state index in [9.17, 15) is 0 Å². The Labute approximate surface area is 159 Å². The molecule has 0 bridgehead atoms. The van der Waals surface area contributed by atoms with Crippen molar-refractivity contribution >= 4 is 11.6 Å². The lowest BCUT2D eigenvalue weighted by atomic mass is 10.2. The molecule has 2 aromatic heterocycles. The molecule has 2 heterocycles. The van der Waals surface area contributed by atoms with E-state index in [2.05, 4.69) is 32.7 Å². The van der Waals surface area contributed by atoms with Gasteiger partial charge in [0.2, 0.25) is 0 Å². The fourth-order valence-corrected chi connectivity index (χ4v) is 2.85. The van der Waals surface area contributed by atoms with E-state index >= 15 is 0 Å².